The number of halogens is 3. The zero-order valence-corrected chi connectivity index (χ0v) is 30.5. The Balaban J connectivity index is 0.770. The van der Waals surface area contributed by atoms with Crippen LogP contribution in [0.5, 0.6) is 0 Å². The summed E-state index contributed by atoms with van der Waals surface area (Å²) in [6.07, 6.45) is 7.89. The average molecular weight is 765 g/mol. The Morgan fingerprint density at radius 1 is 0.768 bits per heavy atom. The second kappa shape index (κ2) is 14.3. The number of hydrogen-bond acceptors (Lipinski definition) is 9. The highest BCUT2D eigenvalue weighted by atomic mass is 19.3. The van der Waals surface area contributed by atoms with Crippen LogP contribution in [0.4, 0.5) is 24.7 Å². The van der Waals surface area contributed by atoms with Crippen molar-refractivity contribution in [3.63, 3.8) is 0 Å². The maximum Gasteiger partial charge on any atom is 0.319 e. The Morgan fingerprint density at radius 2 is 1.55 bits per heavy atom. The van der Waals surface area contributed by atoms with Gasteiger partial charge in [0, 0.05) is 86.3 Å². The van der Waals surface area contributed by atoms with Gasteiger partial charge in [-0.2, -0.15) is 8.78 Å². The third-order valence-corrected chi connectivity index (χ3v) is 11.9. The van der Waals surface area contributed by atoms with Gasteiger partial charge in [-0.1, -0.05) is 12.1 Å². The van der Waals surface area contributed by atoms with Crippen LogP contribution in [0.2, 0.25) is 0 Å². The van der Waals surface area contributed by atoms with E-state index in [1.165, 1.54) is 12.3 Å². The van der Waals surface area contributed by atoms with Gasteiger partial charge in [0.1, 0.15) is 6.04 Å². The number of anilines is 2. The van der Waals surface area contributed by atoms with Crippen molar-refractivity contribution in [1.29, 1.82) is 0 Å². The van der Waals surface area contributed by atoms with Gasteiger partial charge in [-0.25, -0.2) is 9.37 Å². The normalized spacial score (nSPS) is 19.9. The van der Waals surface area contributed by atoms with Gasteiger partial charge in [-0.3, -0.25) is 43.8 Å². The van der Waals surface area contributed by atoms with Crippen LogP contribution < -0.4 is 15.1 Å². The second-order valence-electron chi connectivity index (χ2n) is 15.0. The molecule has 3 aromatic heterocycles. The number of piperidine rings is 2. The van der Waals surface area contributed by atoms with Crippen molar-refractivity contribution in [2.75, 3.05) is 55.6 Å². The molecular formula is C41H39F3N8O4. The number of hydrogen-bond donors (Lipinski definition) is 1. The summed E-state index contributed by atoms with van der Waals surface area (Å²) in [6, 6.07) is 12.5. The molecule has 0 saturated carbocycles. The molecule has 1 unspecified atom stereocenters. The van der Waals surface area contributed by atoms with Crippen molar-refractivity contribution in [2.24, 2.45) is 5.92 Å². The molecular weight excluding hydrogens is 725 g/mol. The maximum absolute atomic E-state index is 15.6. The van der Waals surface area contributed by atoms with E-state index in [2.05, 4.69) is 25.1 Å². The van der Waals surface area contributed by atoms with Crippen LogP contribution in [0.3, 0.4) is 0 Å². The van der Waals surface area contributed by atoms with E-state index in [9.17, 15) is 28.0 Å². The zero-order chi connectivity index (χ0) is 38.7. The van der Waals surface area contributed by atoms with Crippen LogP contribution in [0.25, 0.3) is 32.9 Å². The molecule has 4 aliphatic heterocycles. The summed E-state index contributed by atoms with van der Waals surface area (Å²) in [5.74, 6) is -1.66. The van der Waals surface area contributed by atoms with Crippen LogP contribution in [-0.4, -0.2) is 99.8 Å². The van der Waals surface area contributed by atoms with Crippen LogP contribution in [0, 0.1) is 11.7 Å². The van der Waals surface area contributed by atoms with Crippen LogP contribution in [0.1, 0.15) is 59.4 Å². The summed E-state index contributed by atoms with van der Waals surface area (Å²) < 4.78 is 44.8. The Bertz CT molecular complexity index is 2400. The number of rotatable bonds is 8. The smallest absolute Gasteiger partial charge is 0.319 e. The lowest BCUT2D eigenvalue weighted by Gasteiger charge is -2.37. The average Bonchev–Trinajstić information content (AvgIpc) is 3.67. The molecule has 0 aliphatic carbocycles. The molecule has 4 amide bonds. The van der Waals surface area contributed by atoms with Gasteiger partial charge in [0.15, 0.2) is 11.6 Å². The van der Waals surface area contributed by atoms with Crippen molar-refractivity contribution in [3.05, 3.63) is 84.1 Å². The topological polar surface area (TPSA) is 124 Å². The van der Waals surface area contributed by atoms with Gasteiger partial charge in [0.2, 0.25) is 11.8 Å². The molecule has 15 heteroatoms. The fourth-order valence-electron chi connectivity index (χ4n) is 8.79. The lowest BCUT2D eigenvalue weighted by Crippen LogP contribution is -2.54. The summed E-state index contributed by atoms with van der Waals surface area (Å²) in [5.41, 5.74) is 3.29. The number of amides is 4. The van der Waals surface area contributed by atoms with Crippen molar-refractivity contribution in [1.82, 2.24) is 29.7 Å². The molecule has 12 nitrogen and oxygen atoms in total. The van der Waals surface area contributed by atoms with Crippen molar-refractivity contribution in [3.8, 4) is 11.1 Å². The number of fused-ring (bicyclic) bond motifs is 4. The summed E-state index contributed by atoms with van der Waals surface area (Å²) in [4.78, 5) is 66.6. The molecule has 7 heterocycles. The molecule has 1 N–H and O–H groups in total. The predicted molar refractivity (Wildman–Crippen MR) is 203 cm³/mol. The number of carbonyl (C=O) groups excluding carboxylic acids is 4. The molecule has 3 fully saturated rings. The maximum atomic E-state index is 15.6. The minimum atomic E-state index is -2.74. The number of benzene rings is 2. The first-order chi connectivity index (χ1) is 27.1. The van der Waals surface area contributed by atoms with Gasteiger partial charge in [0.05, 0.1) is 22.2 Å². The van der Waals surface area contributed by atoms with Gasteiger partial charge in [-0.05, 0) is 80.1 Å². The molecule has 3 saturated heterocycles. The molecule has 5 aromatic rings. The second-order valence-corrected chi connectivity index (χ2v) is 15.0. The standard InChI is InChI=1S/C41H39F3N8O4/c42-32-19-26(25-1-3-28-31-23-45-11-7-33(31)51(41(43)44)35(28)20-25)22-46-37(32)50-17-15-48(16-18-50)12-8-24-9-13-49(14-10-24)27-2-4-29-30(21-27)40(56)52(39(29)55)34-5-6-36(53)47-38(34)54/h1-4,7,11,19-24,34,41H,5-6,8-10,12-18H2,(H,47,53,54). The molecule has 0 bridgehead atoms. The van der Waals surface area contributed by atoms with Gasteiger partial charge in [0.25, 0.3) is 11.8 Å². The molecule has 1 atom stereocenters. The SMILES string of the molecule is O=C1CCC(N2C(=O)c3ccc(N4CCC(CCN5CCN(c6ncc(-c7ccc8c9cnccc9n(C(F)F)c8c7)cc6F)CC5)CC4)cc3C2=O)C(=O)N1. The Morgan fingerprint density at radius 3 is 2.30 bits per heavy atom. The first kappa shape index (κ1) is 35.8. The van der Waals surface area contributed by atoms with Gasteiger partial charge < -0.3 is 9.80 Å². The third kappa shape index (κ3) is 6.33. The van der Waals surface area contributed by atoms with Crippen molar-refractivity contribution in [2.45, 2.75) is 44.7 Å². The summed E-state index contributed by atoms with van der Waals surface area (Å²) >= 11 is 0. The molecule has 0 spiro atoms. The minimum absolute atomic E-state index is 0.0787. The highest BCUT2D eigenvalue weighted by Crippen LogP contribution is 2.36. The van der Waals surface area contributed by atoms with Crippen LogP contribution in [-0.2, 0) is 9.59 Å². The van der Waals surface area contributed by atoms with E-state index in [-0.39, 0.29) is 29.8 Å². The largest absolute Gasteiger partial charge is 0.371 e. The summed E-state index contributed by atoms with van der Waals surface area (Å²) in [6.45, 7) is 2.66. The van der Waals surface area contributed by atoms with E-state index in [1.54, 1.807) is 48.8 Å². The summed E-state index contributed by atoms with van der Waals surface area (Å²) in [5, 5.41) is 3.52. The highest BCUT2D eigenvalue weighted by molar-refractivity contribution is 6.23. The lowest BCUT2D eigenvalue weighted by atomic mass is 9.92. The quantitative estimate of drug-likeness (QED) is 0.201. The van der Waals surface area contributed by atoms with Gasteiger partial charge >= 0.3 is 6.55 Å². The molecule has 9 rings (SSSR count). The molecule has 2 aromatic carbocycles. The Labute approximate surface area is 319 Å². The van der Waals surface area contributed by atoms with E-state index in [0.717, 1.165) is 67.1 Å². The highest BCUT2D eigenvalue weighted by Gasteiger charge is 2.45. The van der Waals surface area contributed by atoms with Crippen LogP contribution in [0.15, 0.2) is 67.1 Å². The van der Waals surface area contributed by atoms with E-state index in [0.29, 0.717) is 51.9 Å². The number of carbonyl (C=O) groups is 4. The lowest BCUT2D eigenvalue weighted by molar-refractivity contribution is -0.136. The predicted octanol–water partition coefficient (Wildman–Crippen LogP) is 5.62. The monoisotopic (exact) mass is 764 g/mol. The van der Waals surface area contributed by atoms with Crippen molar-refractivity contribution >= 4 is 56.9 Å². The number of pyridine rings is 2. The first-order valence-electron chi connectivity index (χ1n) is 19.0. The number of imide groups is 2. The van der Waals surface area contributed by atoms with Crippen molar-refractivity contribution < 1.29 is 32.3 Å². The summed E-state index contributed by atoms with van der Waals surface area (Å²) in [7, 11) is 0. The minimum Gasteiger partial charge on any atom is -0.371 e. The fourth-order valence-corrected chi connectivity index (χ4v) is 8.79. The zero-order valence-electron chi connectivity index (χ0n) is 30.5. The first-order valence-corrected chi connectivity index (χ1v) is 19.0. The van der Waals surface area contributed by atoms with E-state index < -0.39 is 42.0 Å². The number of nitrogens with zero attached hydrogens (tertiary/aromatic N) is 7. The third-order valence-electron chi connectivity index (χ3n) is 11.9. The molecule has 56 heavy (non-hydrogen) atoms. The van der Waals surface area contributed by atoms with Gasteiger partial charge in [-0.15, -0.1) is 0 Å². The number of alkyl halides is 2. The van der Waals surface area contributed by atoms with E-state index in [1.807, 2.05) is 11.0 Å². The van der Waals surface area contributed by atoms with Crippen LogP contribution >= 0.6 is 0 Å². The van der Waals surface area contributed by atoms with E-state index >= 15 is 4.39 Å². The molecule has 4 aliphatic rings. The molecule has 288 valence electrons. The van der Waals surface area contributed by atoms with E-state index in [4.69, 9.17) is 0 Å². The Kier molecular flexibility index (Phi) is 9.18. The number of nitrogens with one attached hydrogen (secondary N) is 1. The molecule has 0 radical (unpaired) electrons. The fraction of sp³-hybridized carbons (Fsp3) is 0.366. The Hall–Kier alpha value is -5.83. The number of piperazine rings is 1. The number of aromatic nitrogens is 3.